The highest BCUT2D eigenvalue weighted by molar-refractivity contribution is 5.96. The van der Waals surface area contributed by atoms with Crippen LogP contribution in [0.3, 0.4) is 0 Å². The van der Waals surface area contributed by atoms with E-state index in [1.165, 1.54) is 10.6 Å². The highest BCUT2D eigenvalue weighted by Crippen LogP contribution is 2.31. The first kappa shape index (κ1) is 19.4. The molecule has 0 amide bonds. The molecule has 0 spiro atoms. The molecule has 3 aromatic rings. The van der Waals surface area contributed by atoms with E-state index in [9.17, 15) is 9.18 Å². The van der Waals surface area contributed by atoms with E-state index in [0.29, 0.717) is 48.9 Å². The third-order valence-corrected chi connectivity index (χ3v) is 4.71. The van der Waals surface area contributed by atoms with Gasteiger partial charge >= 0.3 is 6.09 Å². The lowest BCUT2D eigenvalue weighted by Gasteiger charge is -2.28. The lowest BCUT2D eigenvalue weighted by atomic mass is 10.2. The molecule has 2 aromatic heterocycles. The van der Waals surface area contributed by atoms with E-state index in [1.807, 2.05) is 56.0 Å². The van der Waals surface area contributed by atoms with Crippen molar-refractivity contribution >= 4 is 22.8 Å². The maximum atomic E-state index is 14.9. The van der Waals surface area contributed by atoms with Crippen molar-refractivity contribution in [2.45, 2.75) is 26.4 Å². The van der Waals surface area contributed by atoms with Crippen LogP contribution in [-0.2, 0) is 9.47 Å². The van der Waals surface area contributed by atoms with E-state index in [4.69, 9.17) is 9.47 Å². The third-order valence-electron chi connectivity index (χ3n) is 4.71. The zero-order valence-corrected chi connectivity index (χ0v) is 16.8. The minimum absolute atomic E-state index is 0.303. The highest BCUT2D eigenvalue weighted by Gasteiger charge is 2.24. The topological polar surface area (TPSA) is 56.6 Å². The Balaban J connectivity index is 1.78. The van der Waals surface area contributed by atoms with Crippen molar-refractivity contribution in [2.24, 2.45) is 0 Å². The number of fused-ring (bicyclic) bond motifs is 1. The standard InChI is InChI=1S/C22H24FN3O3/c1-22(2,3)29-21(27)26-18-7-5-4-6-15(18)13-19(26)16-12-17(23)20(24-14-16)25-8-10-28-11-9-25/h4-7,12-14H,8-11H2,1-3H3. The minimum atomic E-state index is -0.649. The van der Waals surface area contributed by atoms with E-state index in [-0.39, 0.29) is 0 Å². The second kappa shape index (κ2) is 7.48. The maximum absolute atomic E-state index is 14.9. The monoisotopic (exact) mass is 397 g/mol. The summed E-state index contributed by atoms with van der Waals surface area (Å²) in [5, 5.41) is 0.867. The molecular formula is C22H24FN3O3. The number of halogens is 1. The molecule has 0 N–H and O–H groups in total. The van der Waals surface area contributed by atoms with Gasteiger partial charge in [-0.2, -0.15) is 0 Å². The average Bonchev–Trinajstić information content (AvgIpc) is 3.07. The second-order valence-corrected chi connectivity index (χ2v) is 8.03. The van der Waals surface area contributed by atoms with Crippen LogP contribution in [0.1, 0.15) is 20.8 Å². The van der Waals surface area contributed by atoms with Crippen LogP contribution in [0.2, 0.25) is 0 Å². The van der Waals surface area contributed by atoms with Crippen LogP contribution in [0.5, 0.6) is 0 Å². The van der Waals surface area contributed by atoms with E-state index >= 15 is 0 Å². The Hall–Kier alpha value is -2.93. The van der Waals surface area contributed by atoms with Gasteiger partial charge in [-0.15, -0.1) is 0 Å². The molecular weight excluding hydrogens is 373 g/mol. The minimum Gasteiger partial charge on any atom is -0.443 e. The number of carbonyl (C=O) groups excluding carboxylic acids is 1. The third kappa shape index (κ3) is 3.96. The van der Waals surface area contributed by atoms with E-state index < -0.39 is 17.5 Å². The number of carbonyl (C=O) groups is 1. The predicted octanol–water partition coefficient (Wildman–Crippen LogP) is 4.46. The summed E-state index contributed by atoms with van der Waals surface area (Å²) in [4.78, 5) is 19.2. The number of benzene rings is 1. The average molecular weight is 397 g/mol. The smallest absolute Gasteiger partial charge is 0.419 e. The van der Waals surface area contributed by atoms with Crippen molar-refractivity contribution in [2.75, 3.05) is 31.2 Å². The number of rotatable bonds is 2. The Morgan fingerprint density at radius 2 is 1.90 bits per heavy atom. The van der Waals surface area contributed by atoms with Crippen LogP contribution in [-0.4, -0.2) is 47.5 Å². The number of para-hydroxylation sites is 1. The first-order valence-corrected chi connectivity index (χ1v) is 9.66. The summed E-state index contributed by atoms with van der Waals surface area (Å²) < 4.78 is 27.3. The number of aromatic nitrogens is 2. The van der Waals surface area contributed by atoms with Crippen molar-refractivity contribution in [1.29, 1.82) is 0 Å². The van der Waals surface area contributed by atoms with E-state index in [1.54, 1.807) is 6.20 Å². The number of ether oxygens (including phenoxy) is 2. The van der Waals surface area contributed by atoms with Crippen molar-refractivity contribution in [1.82, 2.24) is 9.55 Å². The molecule has 0 bridgehead atoms. The lowest BCUT2D eigenvalue weighted by molar-refractivity contribution is 0.0547. The van der Waals surface area contributed by atoms with Crippen LogP contribution in [0, 0.1) is 5.82 Å². The summed E-state index contributed by atoms with van der Waals surface area (Å²) in [6, 6.07) is 10.8. The molecule has 152 valence electrons. The van der Waals surface area contributed by atoms with E-state index in [0.717, 1.165) is 5.39 Å². The summed E-state index contributed by atoms with van der Waals surface area (Å²) in [5.41, 5.74) is 1.11. The van der Waals surface area contributed by atoms with Gasteiger partial charge in [0.1, 0.15) is 5.60 Å². The number of anilines is 1. The van der Waals surface area contributed by atoms with Crippen molar-refractivity contribution in [3.63, 3.8) is 0 Å². The second-order valence-electron chi connectivity index (χ2n) is 8.03. The van der Waals surface area contributed by atoms with Gasteiger partial charge in [0, 0.05) is 30.2 Å². The van der Waals surface area contributed by atoms with Gasteiger partial charge in [-0.25, -0.2) is 18.7 Å². The Kier molecular flexibility index (Phi) is 5.00. The van der Waals surface area contributed by atoms with Gasteiger partial charge in [0.25, 0.3) is 0 Å². The molecule has 1 saturated heterocycles. The normalized spacial score (nSPS) is 15.0. The Morgan fingerprint density at radius 3 is 2.59 bits per heavy atom. The van der Waals surface area contributed by atoms with Gasteiger partial charge in [0.15, 0.2) is 11.6 Å². The first-order chi connectivity index (χ1) is 13.8. The van der Waals surface area contributed by atoms with Crippen LogP contribution >= 0.6 is 0 Å². The van der Waals surface area contributed by atoms with E-state index in [2.05, 4.69) is 4.98 Å². The van der Waals surface area contributed by atoms with Crippen LogP contribution in [0.25, 0.3) is 22.2 Å². The van der Waals surface area contributed by atoms with Gasteiger partial charge in [-0.05, 0) is 39.0 Å². The number of hydrogen-bond donors (Lipinski definition) is 0. The van der Waals surface area contributed by atoms with Gasteiger partial charge in [0.2, 0.25) is 0 Å². The summed E-state index contributed by atoms with van der Waals surface area (Å²) in [6.45, 7) is 7.74. The molecule has 3 heterocycles. The molecule has 1 aromatic carbocycles. The zero-order chi connectivity index (χ0) is 20.6. The molecule has 0 saturated carbocycles. The van der Waals surface area contributed by atoms with Crippen LogP contribution < -0.4 is 4.90 Å². The molecule has 0 atom stereocenters. The highest BCUT2D eigenvalue weighted by atomic mass is 19.1. The van der Waals surface area contributed by atoms with Crippen LogP contribution in [0.4, 0.5) is 15.0 Å². The molecule has 0 radical (unpaired) electrons. The lowest BCUT2D eigenvalue weighted by Crippen LogP contribution is -2.37. The Bertz CT molecular complexity index is 1050. The van der Waals surface area contributed by atoms with Gasteiger partial charge in [-0.3, -0.25) is 0 Å². The summed E-state index contributed by atoms with van der Waals surface area (Å²) in [7, 11) is 0. The van der Waals surface area contributed by atoms with Crippen molar-refractivity contribution < 1.29 is 18.7 Å². The fourth-order valence-corrected chi connectivity index (χ4v) is 3.45. The van der Waals surface area contributed by atoms with Gasteiger partial charge < -0.3 is 14.4 Å². The summed E-state index contributed by atoms with van der Waals surface area (Å²) in [5.74, 6) is -0.123. The molecule has 6 nitrogen and oxygen atoms in total. The predicted molar refractivity (Wildman–Crippen MR) is 110 cm³/mol. The Morgan fingerprint density at radius 1 is 1.17 bits per heavy atom. The largest absolute Gasteiger partial charge is 0.443 e. The Labute approximate surface area is 168 Å². The van der Waals surface area contributed by atoms with Gasteiger partial charge in [0.05, 0.1) is 24.4 Å². The fourth-order valence-electron chi connectivity index (χ4n) is 3.45. The van der Waals surface area contributed by atoms with Crippen LogP contribution in [0.15, 0.2) is 42.6 Å². The fraction of sp³-hybridized carbons (Fsp3) is 0.364. The number of hydrogen-bond acceptors (Lipinski definition) is 5. The van der Waals surface area contributed by atoms with Crippen molar-refractivity contribution in [3.05, 3.63) is 48.4 Å². The van der Waals surface area contributed by atoms with Gasteiger partial charge in [-0.1, -0.05) is 18.2 Å². The zero-order valence-electron chi connectivity index (χ0n) is 16.8. The molecule has 4 rings (SSSR count). The first-order valence-electron chi connectivity index (χ1n) is 9.66. The maximum Gasteiger partial charge on any atom is 0.419 e. The molecule has 1 aliphatic rings. The number of pyridine rings is 1. The molecule has 7 heteroatoms. The quantitative estimate of drug-likeness (QED) is 0.639. The SMILES string of the molecule is CC(C)(C)OC(=O)n1c(-c2cnc(N3CCOCC3)c(F)c2)cc2ccccc21. The number of nitrogens with zero attached hydrogens (tertiary/aromatic N) is 3. The summed E-state index contributed by atoms with van der Waals surface area (Å²) in [6.07, 6.45) is 1.09. The molecule has 1 aliphatic heterocycles. The molecule has 0 unspecified atom stereocenters. The molecule has 29 heavy (non-hydrogen) atoms. The summed E-state index contributed by atoms with van der Waals surface area (Å²) >= 11 is 0. The molecule has 0 aliphatic carbocycles. The molecule has 1 fully saturated rings. The number of morpholine rings is 1. The van der Waals surface area contributed by atoms with Crippen molar-refractivity contribution in [3.8, 4) is 11.3 Å².